The number of ether oxygens (including phenoxy) is 2. The molecule has 0 bridgehead atoms. The normalized spacial score (nSPS) is 18.1. The molecule has 0 aromatic heterocycles. The van der Waals surface area contributed by atoms with Crippen molar-refractivity contribution in [2.75, 3.05) is 33.9 Å². The highest BCUT2D eigenvalue weighted by Crippen LogP contribution is 2.33. The zero-order valence-corrected chi connectivity index (χ0v) is 29.9. The summed E-state index contributed by atoms with van der Waals surface area (Å²) in [5, 5.41) is 15.4. The number of amides is 4. The maximum absolute atomic E-state index is 14.3. The molecule has 3 rings (SSSR count). The highest BCUT2D eigenvalue weighted by Gasteiger charge is 2.45. The lowest BCUT2D eigenvalue weighted by Crippen LogP contribution is -2.65. The molecule has 0 saturated carbocycles. The third-order valence-corrected chi connectivity index (χ3v) is 8.78. The highest BCUT2D eigenvalue weighted by atomic mass is 35.5. The topological polar surface area (TPSA) is 155 Å². The number of piperidine rings is 1. The Morgan fingerprint density at radius 1 is 1.02 bits per heavy atom. The Labute approximate surface area is 293 Å². The van der Waals surface area contributed by atoms with E-state index in [1.54, 1.807) is 49.8 Å². The predicted octanol–water partition coefficient (Wildman–Crippen LogP) is 4.08. The van der Waals surface area contributed by atoms with E-state index in [1.165, 1.54) is 14.0 Å². The number of carboxylic acid groups (broad SMARTS) is 1. The Morgan fingerprint density at radius 3 is 2.27 bits per heavy atom. The van der Waals surface area contributed by atoms with Crippen LogP contribution in [0.1, 0.15) is 58.1 Å². The number of carboxylic acids is 1. The van der Waals surface area contributed by atoms with E-state index in [4.69, 9.17) is 21.1 Å². The number of methoxy groups -OCH3 is 1. The summed E-state index contributed by atoms with van der Waals surface area (Å²) in [6.07, 6.45) is 0.612. The van der Waals surface area contributed by atoms with Gasteiger partial charge in [-0.1, -0.05) is 54.1 Å². The van der Waals surface area contributed by atoms with Crippen LogP contribution >= 0.6 is 11.6 Å². The Bertz CT molecular complexity index is 1450. The molecule has 0 unspecified atom stereocenters. The Morgan fingerprint density at radius 2 is 1.67 bits per heavy atom. The Balaban J connectivity index is 1.90. The molecule has 4 amide bonds. The fourth-order valence-electron chi connectivity index (χ4n) is 6.09. The number of nitrogens with one attached hydrogen (secondary N) is 2. The number of carbonyl (C=O) groups is 5. The van der Waals surface area contributed by atoms with Gasteiger partial charge in [-0.15, -0.1) is 0 Å². The molecule has 4 atom stereocenters. The summed E-state index contributed by atoms with van der Waals surface area (Å²) in [4.78, 5) is 68.9. The van der Waals surface area contributed by atoms with E-state index in [-0.39, 0.29) is 31.9 Å². The molecule has 268 valence electrons. The van der Waals surface area contributed by atoms with Crippen LogP contribution in [-0.4, -0.2) is 102 Å². The standard InChI is InChI=1S/C36H49ClN4O8/c1-24(38-34(47)49-35(2,3)4)31(44)39-29(22-48-6)33(46)40(5)36(21-26-13-15-28(37)16-14-26)17-10-18-41(23-36)32(45)27(20-30(42)43)19-25-11-8-7-9-12-25/h7-9,11-16,24,27,29H,10,17-23H2,1-6H3,(H,38,47)(H,39,44)(H,42,43)/t24-,27+,29-,36+/m0/s1. The molecule has 1 aliphatic heterocycles. The van der Waals surface area contributed by atoms with Crippen molar-refractivity contribution in [3.8, 4) is 0 Å². The minimum atomic E-state index is -1.11. The van der Waals surface area contributed by atoms with Gasteiger partial charge >= 0.3 is 12.1 Å². The average molecular weight is 701 g/mol. The van der Waals surface area contributed by atoms with Gasteiger partial charge in [-0.25, -0.2) is 4.79 Å². The zero-order valence-electron chi connectivity index (χ0n) is 29.2. The first kappa shape index (κ1) is 39.3. The molecule has 1 aliphatic rings. The summed E-state index contributed by atoms with van der Waals surface area (Å²) in [6, 6.07) is 14.4. The van der Waals surface area contributed by atoms with Crippen molar-refractivity contribution >= 4 is 41.4 Å². The SMILES string of the molecule is COC[C@H](NC(=O)[C@H](C)NC(=O)OC(C)(C)C)C(=O)N(C)[C@@]1(Cc2ccc(Cl)cc2)CCCN(C(=O)[C@@H](CC(=O)O)Cc2ccccc2)C1. The molecule has 13 heteroatoms. The first-order valence-electron chi connectivity index (χ1n) is 16.4. The molecule has 0 aliphatic carbocycles. The number of likely N-dealkylation sites (N-methyl/N-ethyl adjacent to an activating group) is 1. The van der Waals surface area contributed by atoms with Gasteiger partial charge in [0, 0.05) is 32.3 Å². The summed E-state index contributed by atoms with van der Waals surface area (Å²) in [6.45, 7) is 6.99. The van der Waals surface area contributed by atoms with Crippen molar-refractivity contribution in [2.45, 2.75) is 83.0 Å². The lowest BCUT2D eigenvalue weighted by molar-refractivity contribution is -0.151. The van der Waals surface area contributed by atoms with Crippen molar-refractivity contribution in [1.82, 2.24) is 20.4 Å². The first-order valence-corrected chi connectivity index (χ1v) is 16.8. The molecule has 2 aromatic rings. The van der Waals surface area contributed by atoms with Crippen molar-refractivity contribution in [3.63, 3.8) is 0 Å². The summed E-state index contributed by atoms with van der Waals surface area (Å²) >= 11 is 6.17. The number of rotatable bonds is 14. The largest absolute Gasteiger partial charge is 0.481 e. The molecule has 0 spiro atoms. The van der Waals surface area contributed by atoms with E-state index in [0.717, 1.165) is 11.1 Å². The first-order chi connectivity index (χ1) is 23.0. The third-order valence-electron chi connectivity index (χ3n) is 8.53. The van der Waals surface area contributed by atoms with E-state index < -0.39 is 53.0 Å². The number of benzene rings is 2. The van der Waals surface area contributed by atoms with Crippen LogP contribution in [0.15, 0.2) is 54.6 Å². The monoisotopic (exact) mass is 700 g/mol. The van der Waals surface area contributed by atoms with Gasteiger partial charge in [0.2, 0.25) is 17.7 Å². The minimum absolute atomic E-state index is 0.145. The van der Waals surface area contributed by atoms with Gasteiger partial charge in [0.05, 0.1) is 24.5 Å². The fraction of sp³-hybridized carbons (Fsp3) is 0.528. The molecule has 12 nitrogen and oxygen atoms in total. The average Bonchev–Trinajstić information content (AvgIpc) is 3.03. The quantitative estimate of drug-likeness (QED) is 0.267. The van der Waals surface area contributed by atoms with Crippen molar-refractivity contribution < 1.29 is 38.6 Å². The van der Waals surface area contributed by atoms with Crippen molar-refractivity contribution in [1.29, 1.82) is 0 Å². The lowest BCUT2D eigenvalue weighted by atomic mass is 9.80. The van der Waals surface area contributed by atoms with Crippen LogP contribution in [0.5, 0.6) is 0 Å². The second-order valence-corrected chi connectivity index (χ2v) is 14.1. The van der Waals surface area contributed by atoms with E-state index in [9.17, 15) is 29.1 Å². The number of carbonyl (C=O) groups excluding carboxylic acids is 4. The fourth-order valence-corrected chi connectivity index (χ4v) is 6.22. The minimum Gasteiger partial charge on any atom is -0.481 e. The summed E-state index contributed by atoms with van der Waals surface area (Å²) in [7, 11) is 3.05. The maximum Gasteiger partial charge on any atom is 0.408 e. The van der Waals surface area contributed by atoms with Crippen LogP contribution in [0.3, 0.4) is 0 Å². The maximum atomic E-state index is 14.3. The van der Waals surface area contributed by atoms with Crippen LogP contribution in [-0.2, 0) is 41.5 Å². The van der Waals surface area contributed by atoms with Crippen LogP contribution in [0.25, 0.3) is 0 Å². The van der Waals surface area contributed by atoms with E-state index in [0.29, 0.717) is 30.8 Å². The molecule has 1 saturated heterocycles. The number of hydrogen-bond acceptors (Lipinski definition) is 7. The molecule has 1 fully saturated rings. The van der Waals surface area contributed by atoms with Gasteiger partial charge in [0.15, 0.2) is 0 Å². The second kappa shape index (κ2) is 17.5. The van der Waals surface area contributed by atoms with Crippen LogP contribution < -0.4 is 10.6 Å². The molecule has 0 radical (unpaired) electrons. The molecular formula is C36H49ClN4O8. The zero-order chi connectivity index (χ0) is 36.4. The number of alkyl carbamates (subject to hydrolysis) is 1. The van der Waals surface area contributed by atoms with Crippen LogP contribution in [0.4, 0.5) is 4.79 Å². The molecule has 1 heterocycles. The Kier molecular flexibility index (Phi) is 14.0. The number of nitrogens with zero attached hydrogens (tertiary/aromatic N) is 2. The number of aliphatic carboxylic acids is 1. The van der Waals surface area contributed by atoms with Crippen LogP contribution in [0.2, 0.25) is 5.02 Å². The Hall–Kier alpha value is -4.16. The predicted molar refractivity (Wildman–Crippen MR) is 185 cm³/mol. The summed E-state index contributed by atoms with van der Waals surface area (Å²) in [5.41, 5.74) is 0.0521. The smallest absolute Gasteiger partial charge is 0.408 e. The lowest BCUT2D eigenvalue weighted by Gasteiger charge is -2.49. The molecule has 49 heavy (non-hydrogen) atoms. The number of halogens is 1. The van der Waals surface area contributed by atoms with Gasteiger partial charge in [0.25, 0.3) is 0 Å². The summed E-state index contributed by atoms with van der Waals surface area (Å²) in [5.74, 6) is -3.23. The van der Waals surface area contributed by atoms with Crippen molar-refractivity contribution in [3.05, 3.63) is 70.7 Å². The van der Waals surface area contributed by atoms with Gasteiger partial charge in [-0.05, 0) is 76.6 Å². The highest BCUT2D eigenvalue weighted by molar-refractivity contribution is 6.30. The van der Waals surface area contributed by atoms with Gasteiger partial charge < -0.3 is 35.0 Å². The van der Waals surface area contributed by atoms with E-state index >= 15 is 0 Å². The number of hydrogen-bond donors (Lipinski definition) is 3. The van der Waals surface area contributed by atoms with Gasteiger partial charge in [0.1, 0.15) is 17.7 Å². The molecular weight excluding hydrogens is 652 g/mol. The van der Waals surface area contributed by atoms with Crippen molar-refractivity contribution in [2.24, 2.45) is 5.92 Å². The second-order valence-electron chi connectivity index (χ2n) is 13.7. The third kappa shape index (κ3) is 11.7. The van der Waals surface area contributed by atoms with Gasteiger partial charge in [-0.2, -0.15) is 0 Å². The molecule has 2 aromatic carbocycles. The van der Waals surface area contributed by atoms with E-state index in [2.05, 4.69) is 10.6 Å². The summed E-state index contributed by atoms with van der Waals surface area (Å²) < 4.78 is 10.6. The molecule has 3 N–H and O–H groups in total. The van der Waals surface area contributed by atoms with Crippen LogP contribution in [0, 0.1) is 5.92 Å². The number of likely N-dealkylation sites (tertiary alicyclic amines) is 1. The van der Waals surface area contributed by atoms with Gasteiger partial charge in [-0.3, -0.25) is 19.2 Å². The van der Waals surface area contributed by atoms with E-state index in [1.807, 2.05) is 42.5 Å².